The number of rotatable bonds is 2. The lowest BCUT2D eigenvalue weighted by Crippen LogP contribution is -2.34. The Balaban J connectivity index is 2.20. The number of hydrogen-bond donors (Lipinski definition) is 2. The molecule has 0 spiro atoms. The fourth-order valence-electron chi connectivity index (χ4n) is 3.00. The Morgan fingerprint density at radius 3 is 2.48 bits per heavy atom. The zero-order chi connectivity index (χ0) is 15.7. The van der Waals surface area contributed by atoms with Gasteiger partial charge in [0.15, 0.2) is 0 Å². The Labute approximate surface area is 127 Å². The van der Waals surface area contributed by atoms with Crippen LogP contribution in [0.2, 0.25) is 0 Å². The first-order chi connectivity index (χ1) is 9.71. The number of ether oxygens (including phenoxy) is 1. The smallest absolute Gasteiger partial charge is 0.412 e. The van der Waals surface area contributed by atoms with Gasteiger partial charge < -0.3 is 10.5 Å². The van der Waals surface area contributed by atoms with Crippen molar-refractivity contribution in [2.75, 3.05) is 5.32 Å². The van der Waals surface area contributed by atoms with Crippen LogP contribution in [0.4, 0.5) is 10.5 Å². The van der Waals surface area contributed by atoms with E-state index in [1.807, 2.05) is 39.8 Å². The summed E-state index contributed by atoms with van der Waals surface area (Å²) in [5, 5.41) is 2.83. The topological polar surface area (TPSA) is 64.3 Å². The van der Waals surface area contributed by atoms with E-state index in [-0.39, 0.29) is 5.54 Å². The number of benzene rings is 1. The van der Waals surface area contributed by atoms with E-state index in [9.17, 15) is 4.79 Å². The van der Waals surface area contributed by atoms with Gasteiger partial charge >= 0.3 is 6.09 Å². The van der Waals surface area contributed by atoms with Crippen molar-refractivity contribution in [1.82, 2.24) is 0 Å². The maximum Gasteiger partial charge on any atom is 0.412 e. The van der Waals surface area contributed by atoms with E-state index in [4.69, 9.17) is 10.5 Å². The van der Waals surface area contributed by atoms with E-state index in [1.165, 1.54) is 12.8 Å². The van der Waals surface area contributed by atoms with E-state index < -0.39 is 11.7 Å². The van der Waals surface area contributed by atoms with Crippen LogP contribution in [0.15, 0.2) is 18.2 Å². The van der Waals surface area contributed by atoms with E-state index >= 15 is 0 Å². The van der Waals surface area contributed by atoms with Crippen LogP contribution >= 0.6 is 0 Å². The molecule has 4 heteroatoms. The number of hydrogen-bond acceptors (Lipinski definition) is 3. The maximum atomic E-state index is 11.9. The van der Waals surface area contributed by atoms with Crippen molar-refractivity contribution in [3.63, 3.8) is 0 Å². The first-order valence-electron chi connectivity index (χ1n) is 7.60. The minimum Gasteiger partial charge on any atom is -0.444 e. The van der Waals surface area contributed by atoms with E-state index in [1.54, 1.807) is 0 Å². The normalized spacial score (nSPS) is 17.6. The van der Waals surface area contributed by atoms with Gasteiger partial charge in [0.25, 0.3) is 0 Å². The van der Waals surface area contributed by atoms with Gasteiger partial charge in [0.05, 0.1) is 0 Å². The average molecular weight is 290 g/mol. The van der Waals surface area contributed by atoms with Crippen molar-refractivity contribution < 1.29 is 9.53 Å². The molecule has 0 aromatic heterocycles. The summed E-state index contributed by atoms with van der Waals surface area (Å²) in [4.78, 5) is 11.9. The number of carbonyl (C=O) groups is 1. The Kier molecular flexibility index (Phi) is 4.28. The van der Waals surface area contributed by atoms with Crippen molar-refractivity contribution in [1.29, 1.82) is 0 Å². The SMILES string of the molecule is Cc1c(NC(=O)OC(C)(C)C)cccc1C1(N)CCCC1. The summed E-state index contributed by atoms with van der Waals surface area (Å²) < 4.78 is 5.31. The molecular formula is C17H26N2O2. The molecule has 1 aliphatic carbocycles. The summed E-state index contributed by atoms with van der Waals surface area (Å²) in [6, 6.07) is 5.91. The molecule has 1 amide bonds. The van der Waals surface area contributed by atoms with Gasteiger partial charge in [0.2, 0.25) is 0 Å². The summed E-state index contributed by atoms with van der Waals surface area (Å²) in [6.07, 6.45) is 3.91. The highest BCUT2D eigenvalue weighted by atomic mass is 16.6. The Morgan fingerprint density at radius 1 is 1.29 bits per heavy atom. The summed E-state index contributed by atoms with van der Waals surface area (Å²) in [7, 11) is 0. The van der Waals surface area contributed by atoms with Gasteiger partial charge in [-0.25, -0.2) is 4.79 Å². The van der Waals surface area contributed by atoms with Gasteiger partial charge in [-0.15, -0.1) is 0 Å². The molecule has 0 saturated heterocycles. The molecule has 1 fully saturated rings. The minimum absolute atomic E-state index is 0.254. The van der Waals surface area contributed by atoms with Crippen LogP contribution in [-0.2, 0) is 10.3 Å². The molecule has 1 aliphatic rings. The second-order valence-electron chi connectivity index (χ2n) is 6.97. The first-order valence-corrected chi connectivity index (χ1v) is 7.60. The molecule has 116 valence electrons. The molecule has 21 heavy (non-hydrogen) atoms. The van der Waals surface area contributed by atoms with Gasteiger partial charge in [0, 0.05) is 11.2 Å². The van der Waals surface area contributed by atoms with E-state index in [0.29, 0.717) is 0 Å². The quantitative estimate of drug-likeness (QED) is 0.863. The van der Waals surface area contributed by atoms with Crippen molar-refractivity contribution in [2.45, 2.75) is 64.5 Å². The number of anilines is 1. The zero-order valence-electron chi connectivity index (χ0n) is 13.5. The molecule has 1 saturated carbocycles. The first kappa shape index (κ1) is 15.8. The molecule has 1 aromatic carbocycles. The molecule has 0 heterocycles. The standard InChI is InChI=1S/C17H26N2O2/c1-12-13(17(18)10-5-6-11-17)8-7-9-14(12)19-15(20)21-16(2,3)4/h7-9H,5-6,10-11,18H2,1-4H3,(H,19,20). The summed E-state index contributed by atoms with van der Waals surface area (Å²) in [6.45, 7) is 7.56. The molecule has 0 bridgehead atoms. The number of amides is 1. The average Bonchev–Trinajstić information content (AvgIpc) is 2.77. The summed E-state index contributed by atoms with van der Waals surface area (Å²) in [5.41, 5.74) is 8.72. The number of carbonyl (C=O) groups excluding carboxylic acids is 1. The molecular weight excluding hydrogens is 264 g/mol. The Bertz CT molecular complexity index is 526. The summed E-state index contributed by atoms with van der Waals surface area (Å²) >= 11 is 0. The highest BCUT2D eigenvalue weighted by Gasteiger charge is 2.33. The molecule has 0 aliphatic heterocycles. The highest BCUT2D eigenvalue weighted by molar-refractivity contribution is 5.86. The van der Waals surface area contributed by atoms with Gasteiger partial charge in [-0.1, -0.05) is 25.0 Å². The Hall–Kier alpha value is -1.55. The summed E-state index contributed by atoms with van der Waals surface area (Å²) in [5.74, 6) is 0. The van der Waals surface area contributed by atoms with E-state index in [0.717, 1.165) is 29.7 Å². The van der Waals surface area contributed by atoms with Crippen LogP contribution in [0.1, 0.15) is 57.6 Å². The van der Waals surface area contributed by atoms with Gasteiger partial charge in [-0.2, -0.15) is 0 Å². The van der Waals surface area contributed by atoms with Crippen LogP contribution in [0.25, 0.3) is 0 Å². The molecule has 0 atom stereocenters. The predicted molar refractivity (Wildman–Crippen MR) is 85.4 cm³/mol. The monoisotopic (exact) mass is 290 g/mol. The molecule has 1 aromatic rings. The van der Waals surface area contributed by atoms with Crippen molar-refractivity contribution in [3.05, 3.63) is 29.3 Å². The second-order valence-corrected chi connectivity index (χ2v) is 6.97. The molecule has 0 radical (unpaired) electrons. The predicted octanol–water partition coefficient (Wildman–Crippen LogP) is 4.07. The third-order valence-electron chi connectivity index (χ3n) is 4.00. The third kappa shape index (κ3) is 3.76. The van der Waals surface area contributed by atoms with Gasteiger partial charge in [-0.3, -0.25) is 5.32 Å². The van der Waals surface area contributed by atoms with Gasteiger partial charge in [0.1, 0.15) is 5.60 Å². The van der Waals surface area contributed by atoms with Crippen molar-refractivity contribution >= 4 is 11.8 Å². The Morgan fingerprint density at radius 2 is 1.90 bits per heavy atom. The second kappa shape index (κ2) is 5.68. The van der Waals surface area contributed by atoms with Crippen LogP contribution in [0.5, 0.6) is 0 Å². The molecule has 2 rings (SSSR count). The minimum atomic E-state index is -0.504. The lowest BCUT2D eigenvalue weighted by molar-refractivity contribution is 0.0636. The zero-order valence-corrected chi connectivity index (χ0v) is 13.5. The molecule has 0 unspecified atom stereocenters. The largest absolute Gasteiger partial charge is 0.444 e. The fourth-order valence-corrected chi connectivity index (χ4v) is 3.00. The molecule has 4 nitrogen and oxygen atoms in total. The van der Waals surface area contributed by atoms with Crippen molar-refractivity contribution in [2.24, 2.45) is 5.73 Å². The van der Waals surface area contributed by atoms with Crippen LogP contribution in [-0.4, -0.2) is 11.7 Å². The maximum absolute atomic E-state index is 11.9. The van der Waals surface area contributed by atoms with Crippen molar-refractivity contribution in [3.8, 4) is 0 Å². The lowest BCUT2D eigenvalue weighted by Gasteiger charge is -2.27. The van der Waals surface area contributed by atoms with Crippen LogP contribution in [0, 0.1) is 6.92 Å². The number of nitrogens with two attached hydrogens (primary N) is 1. The number of nitrogens with one attached hydrogen (secondary N) is 1. The fraction of sp³-hybridized carbons (Fsp3) is 0.588. The van der Waals surface area contributed by atoms with E-state index in [2.05, 4.69) is 11.4 Å². The van der Waals surface area contributed by atoms with Crippen LogP contribution in [0.3, 0.4) is 0 Å². The van der Waals surface area contributed by atoms with Crippen LogP contribution < -0.4 is 11.1 Å². The third-order valence-corrected chi connectivity index (χ3v) is 4.00. The van der Waals surface area contributed by atoms with Gasteiger partial charge in [-0.05, 0) is 57.7 Å². The highest BCUT2D eigenvalue weighted by Crippen LogP contribution is 2.39. The lowest BCUT2D eigenvalue weighted by atomic mass is 9.86. The molecule has 3 N–H and O–H groups in total.